The maximum atomic E-state index is 4.70. The standard InChI is InChI=1S/C44H64P4/c1-8-36-23-18-26-45(36)33(7)31-48-43(34-19-14-12-15-20-34)30-40(44(48)35-21-16-13-17-22-35)39-29-42(32(5)6)47(41(39)11-4)28-27-46-37(9-2)24-25-38(46)10-3/h12-17,19-22,27-28,31,36-44H,5,8-11,18,23-26,29-30H2,1-4,6-7H3/b28-27+,33-31+/t36-,37+,38+,39?,40?,41-,42+,43+,44-,45?,47?,48?/m1/s1. The Morgan fingerprint density at radius 3 is 1.88 bits per heavy atom. The van der Waals surface area contributed by atoms with Crippen molar-refractivity contribution in [1.82, 2.24) is 0 Å². The van der Waals surface area contributed by atoms with Gasteiger partial charge in [-0.3, -0.25) is 0 Å². The van der Waals surface area contributed by atoms with Crippen molar-refractivity contribution in [3.8, 4) is 0 Å². The summed E-state index contributed by atoms with van der Waals surface area (Å²) in [6.07, 6.45) is 15.4. The highest BCUT2D eigenvalue weighted by molar-refractivity contribution is 7.67. The molecular weight excluding hydrogens is 652 g/mol. The lowest BCUT2D eigenvalue weighted by atomic mass is 9.77. The SMILES string of the molecule is C=C(C)[C@@H]1CC(C2C[C@@H](c3ccccc3)P(/C=C(\C)P3CCC[C@H]3CC)[C@@H]2c2ccccc2)[C@@H](CC)P1/C=C/P1[C@@H](CC)CC[C@@H]1CC. The molecule has 2 aromatic carbocycles. The van der Waals surface area contributed by atoms with Crippen molar-refractivity contribution in [2.45, 2.75) is 145 Å². The predicted molar refractivity (Wildman–Crippen MR) is 223 cm³/mol. The van der Waals surface area contributed by atoms with Crippen LogP contribution in [0.4, 0.5) is 0 Å². The zero-order valence-electron chi connectivity index (χ0n) is 31.0. The molecule has 6 rings (SSSR count). The topological polar surface area (TPSA) is 0 Å². The summed E-state index contributed by atoms with van der Waals surface area (Å²) in [5, 5.41) is 1.79. The first-order valence-corrected chi connectivity index (χ1v) is 25.8. The Labute approximate surface area is 300 Å². The fraction of sp³-hybridized carbons (Fsp3) is 0.591. The third-order valence-electron chi connectivity index (χ3n) is 12.8. The molecule has 4 saturated heterocycles. The lowest BCUT2D eigenvalue weighted by molar-refractivity contribution is 0.303. The highest BCUT2D eigenvalue weighted by Gasteiger charge is 2.52. The average molecular weight is 717 g/mol. The molecule has 0 nitrogen and oxygen atoms in total. The van der Waals surface area contributed by atoms with Gasteiger partial charge in [0.15, 0.2) is 0 Å². The fourth-order valence-corrected chi connectivity index (χ4v) is 24.8. The molecule has 0 aromatic heterocycles. The molecule has 0 bridgehead atoms. The largest absolute Gasteiger partial charge is 0.0995 e. The van der Waals surface area contributed by atoms with Crippen LogP contribution in [-0.4, -0.2) is 34.5 Å². The first-order valence-electron chi connectivity index (χ1n) is 19.6. The van der Waals surface area contributed by atoms with Gasteiger partial charge in [-0.1, -0.05) is 150 Å². The van der Waals surface area contributed by atoms with Crippen molar-refractivity contribution < 1.29 is 0 Å². The molecule has 12 atom stereocenters. The van der Waals surface area contributed by atoms with Crippen molar-refractivity contribution in [3.05, 3.63) is 107 Å². The third-order valence-corrected chi connectivity index (χ3v) is 26.7. The van der Waals surface area contributed by atoms with E-state index in [0.717, 1.165) is 34.5 Å². The zero-order valence-corrected chi connectivity index (χ0v) is 34.6. The Bertz CT molecular complexity index is 1370. The summed E-state index contributed by atoms with van der Waals surface area (Å²) in [6.45, 7) is 19.5. The second kappa shape index (κ2) is 17.3. The van der Waals surface area contributed by atoms with Gasteiger partial charge in [0.05, 0.1) is 0 Å². The lowest BCUT2D eigenvalue weighted by Gasteiger charge is -2.33. The monoisotopic (exact) mass is 716 g/mol. The van der Waals surface area contributed by atoms with Crippen LogP contribution in [0.2, 0.25) is 0 Å². The van der Waals surface area contributed by atoms with Crippen molar-refractivity contribution in [2.24, 2.45) is 11.8 Å². The maximum absolute atomic E-state index is 4.70. The predicted octanol–water partition coefficient (Wildman–Crippen LogP) is 15.4. The van der Waals surface area contributed by atoms with Crippen LogP contribution >= 0.6 is 31.7 Å². The summed E-state index contributed by atoms with van der Waals surface area (Å²) in [7, 11) is -0.500. The highest BCUT2D eigenvalue weighted by atomic mass is 31.1. The normalized spacial score (nSPS) is 37.6. The number of hydrogen-bond donors (Lipinski definition) is 0. The molecule has 0 radical (unpaired) electrons. The van der Waals surface area contributed by atoms with Gasteiger partial charge >= 0.3 is 0 Å². The van der Waals surface area contributed by atoms with E-state index in [0.29, 0.717) is 17.0 Å². The molecule has 2 aromatic rings. The van der Waals surface area contributed by atoms with Crippen LogP contribution in [-0.2, 0) is 0 Å². The summed E-state index contributed by atoms with van der Waals surface area (Å²) < 4.78 is 0. The molecule has 4 aliphatic heterocycles. The number of rotatable bonds is 12. The van der Waals surface area contributed by atoms with E-state index in [1.807, 2.05) is 0 Å². The minimum absolute atomic E-state index is 0.0183. The Hall–Kier alpha value is -0.620. The van der Waals surface area contributed by atoms with E-state index in [9.17, 15) is 0 Å². The van der Waals surface area contributed by atoms with Gasteiger partial charge in [-0.05, 0) is 135 Å². The van der Waals surface area contributed by atoms with E-state index >= 15 is 0 Å². The number of hydrogen-bond acceptors (Lipinski definition) is 0. The molecule has 4 fully saturated rings. The molecule has 4 aliphatic rings. The highest BCUT2D eigenvalue weighted by Crippen LogP contribution is 2.78. The van der Waals surface area contributed by atoms with E-state index in [-0.39, 0.29) is 31.7 Å². The molecular formula is C44H64P4. The Morgan fingerprint density at radius 1 is 0.688 bits per heavy atom. The molecule has 0 saturated carbocycles. The van der Waals surface area contributed by atoms with Crippen molar-refractivity contribution >= 4 is 31.7 Å². The van der Waals surface area contributed by atoms with Gasteiger partial charge in [-0.25, -0.2) is 0 Å². The van der Waals surface area contributed by atoms with Gasteiger partial charge in [-0.2, -0.15) is 0 Å². The van der Waals surface area contributed by atoms with Gasteiger partial charge in [0.25, 0.3) is 0 Å². The van der Waals surface area contributed by atoms with Crippen LogP contribution in [0, 0.1) is 11.8 Å². The summed E-state index contributed by atoms with van der Waals surface area (Å²) in [5.41, 5.74) is 10.4. The summed E-state index contributed by atoms with van der Waals surface area (Å²) in [6, 6.07) is 23.7. The first kappa shape index (κ1) is 37.1. The van der Waals surface area contributed by atoms with Crippen LogP contribution in [0.25, 0.3) is 0 Å². The van der Waals surface area contributed by atoms with Gasteiger partial charge in [0.1, 0.15) is 0 Å². The van der Waals surface area contributed by atoms with Crippen LogP contribution < -0.4 is 0 Å². The van der Waals surface area contributed by atoms with E-state index in [2.05, 4.69) is 120 Å². The van der Waals surface area contributed by atoms with Gasteiger partial charge < -0.3 is 0 Å². The molecule has 0 N–H and O–H groups in total. The molecule has 5 unspecified atom stereocenters. The van der Waals surface area contributed by atoms with Crippen molar-refractivity contribution in [3.63, 3.8) is 0 Å². The van der Waals surface area contributed by atoms with Gasteiger partial charge in [0, 0.05) is 17.0 Å². The van der Waals surface area contributed by atoms with E-state index in [1.165, 1.54) is 75.9 Å². The molecule has 260 valence electrons. The average Bonchev–Trinajstić information content (AvgIpc) is 3.91. The van der Waals surface area contributed by atoms with Crippen LogP contribution in [0.3, 0.4) is 0 Å². The summed E-state index contributed by atoms with van der Waals surface area (Å²) in [5.74, 6) is 10.2. The minimum Gasteiger partial charge on any atom is -0.0995 e. The first-order chi connectivity index (χ1) is 23.4. The fourth-order valence-electron chi connectivity index (χ4n) is 10.4. The molecule has 0 spiro atoms. The van der Waals surface area contributed by atoms with Crippen LogP contribution in [0.1, 0.15) is 128 Å². The quantitative estimate of drug-likeness (QED) is 0.152. The molecule has 4 heterocycles. The lowest BCUT2D eigenvalue weighted by Crippen LogP contribution is -2.24. The Morgan fingerprint density at radius 2 is 1.29 bits per heavy atom. The smallest absolute Gasteiger partial charge is 0.0113 e. The van der Waals surface area contributed by atoms with E-state index in [4.69, 9.17) is 6.58 Å². The number of benzene rings is 2. The Balaban J connectivity index is 1.40. The van der Waals surface area contributed by atoms with Gasteiger partial charge in [-0.15, -0.1) is 0 Å². The maximum Gasteiger partial charge on any atom is 0.0113 e. The third kappa shape index (κ3) is 7.75. The summed E-state index contributed by atoms with van der Waals surface area (Å²) >= 11 is 0. The van der Waals surface area contributed by atoms with Gasteiger partial charge in [0.2, 0.25) is 0 Å². The van der Waals surface area contributed by atoms with E-state index < -0.39 is 0 Å². The number of allylic oxidation sites excluding steroid dienone is 2. The minimum atomic E-state index is -0.335. The Kier molecular flexibility index (Phi) is 13.4. The zero-order chi connectivity index (χ0) is 33.8. The van der Waals surface area contributed by atoms with Crippen LogP contribution in [0.5, 0.6) is 0 Å². The molecule has 4 heteroatoms. The van der Waals surface area contributed by atoms with Crippen molar-refractivity contribution in [2.75, 3.05) is 6.16 Å². The second-order valence-electron chi connectivity index (χ2n) is 15.4. The molecule has 0 aliphatic carbocycles. The van der Waals surface area contributed by atoms with Crippen LogP contribution in [0.15, 0.2) is 95.6 Å². The van der Waals surface area contributed by atoms with E-state index in [1.54, 1.807) is 16.4 Å². The molecule has 48 heavy (non-hydrogen) atoms. The van der Waals surface area contributed by atoms with Crippen molar-refractivity contribution in [1.29, 1.82) is 0 Å². The summed E-state index contributed by atoms with van der Waals surface area (Å²) in [4.78, 5) is 0. The molecule has 0 amide bonds. The second-order valence-corrected chi connectivity index (χ2v) is 25.7.